The van der Waals surface area contributed by atoms with Crippen LogP contribution in [-0.2, 0) is 14.8 Å². The van der Waals surface area contributed by atoms with Crippen molar-refractivity contribution in [1.29, 1.82) is 0 Å². The molecule has 37 heavy (non-hydrogen) atoms. The van der Waals surface area contributed by atoms with Gasteiger partial charge < -0.3 is 14.2 Å². The molecule has 1 atom stereocenters. The van der Waals surface area contributed by atoms with Gasteiger partial charge in [0.1, 0.15) is 23.2 Å². The molecule has 2 aromatic heterocycles. The van der Waals surface area contributed by atoms with Gasteiger partial charge in [-0.2, -0.15) is 8.42 Å². The van der Waals surface area contributed by atoms with Crippen LogP contribution in [0.2, 0.25) is 0 Å². The second kappa shape index (κ2) is 11.2. The average molecular weight is 530 g/mol. The Hall–Kier alpha value is -3.57. The minimum Gasteiger partial charge on any atom is -0.493 e. The van der Waals surface area contributed by atoms with Gasteiger partial charge in [-0.05, 0) is 49.2 Å². The van der Waals surface area contributed by atoms with Crippen molar-refractivity contribution in [3.8, 4) is 22.9 Å². The van der Waals surface area contributed by atoms with Crippen molar-refractivity contribution in [1.82, 2.24) is 14.7 Å². The first-order chi connectivity index (χ1) is 17.6. The van der Waals surface area contributed by atoms with Crippen molar-refractivity contribution in [2.75, 3.05) is 19.8 Å². The number of ether oxygens (including phenoxy) is 3. The lowest BCUT2D eigenvalue weighted by Crippen LogP contribution is -2.32. The highest BCUT2D eigenvalue weighted by atomic mass is 32.2. The summed E-state index contributed by atoms with van der Waals surface area (Å²) in [5.74, 6) is -0.940. The van der Waals surface area contributed by atoms with E-state index >= 15 is 0 Å². The van der Waals surface area contributed by atoms with E-state index in [4.69, 9.17) is 14.2 Å². The van der Waals surface area contributed by atoms with Gasteiger partial charge in [-0.3, -0.25) is 4.79 Å². The van der Waals surface area contributed by atoms with Gasteiger partial charge in [0.2, 0.25) is 5.88 Å². The van der Waals surface area contributed by atoms with Gasteiger partial charge in [-0.15, -0.1) is 0 Å². The maximum Gasteiger partial charge on any atom is 0.281 e. The molecule has 1 fully saturated rings. The third kappa shape index (κ3) is 6.80. The molecule has 0 saturated carbocycles. The summed E-state index contributed by atoms with van der Waals surface area (Å²) in [6.07, 6.45) is 0.202. The molecule has 1 aliphatic rings. The Bertz CT molecular complexity index is 1390. The molecule has 196 valence electrons. The van der Waals surface area contributed by atoms with Gasteiger partial charge in [0.15, 0.2) is 5.03 Å². The summed E-state index contributed by atoms with van der Waals surface area (Å²) < 4.78 is 58.9. The van der Waals surface area contributed by atoms with E-state index in [1.165, 1.54) is 36.4 Å². The fraction of sp³-hybridized carbons (Fsp3) is 0.346. The molecule has 11 heteroatoms. The number of nitrogens with zero attached hydrogens (tertiary/aromatic N) is 2. The number of halogens is 1. The van der Waals surface area contributed by atoms with Crippen LogP contribution in [0.25, 0.3) is 11.3 Å². The molecular weight excluding hydrogens is 501 g/mol. The number of aryl methyl sites for hydroxylation is 1. The topological polar surface area (TPSA) is 117 Å². The number of benzene rings is 1. The summed E-state index contributed by atoms with van der Waals surface area (Å²) in [6.45, 7) is 6.81. The van der Waals surface area contributed by atoms with Crippen LogP contribution in [0.4, 0.5) is 4.39 Å². The highest BCUT2D eigenvalue weighted by Crippen LogP contribution is 2.29. The Balaban J connectivity index is 1.67. The smallest absolute Gasteiger partial charge is 0.281 e. The van der Waals surface area contributed by atoms with E-state index in [2.05, 4.69) is 9.97 Å². The monoisotopic (exact) mass is 529 g/mol. The zero-order chi connectivity index (χ0) is 26.6. The Morgan fingerprint density at radius 3 is 2.70 bits per heavy atom. The molecule has 1 N–H and O–H groups in total. The Labute approximate surface area is 215 Å². The number of aromatic nitrogens is 2. The molecule has 3 aromatic rings. The standard InChI is InChI=1S/C26H28FN3O6S/c1-16(2)14-35-21-12-18(11-19(27)13-21)23-8-7-22(26(29-23)36-20-9-10-34-15-20)25(31)30-37(32,33)24-6-4-5-17(3)28-24/h4-8,11-13,16,20H,9-10,14-15H2,1-3H3,(H,30,31). The van der Waals surface area contributed by atoms with Crippen LogP contribution in [0.1, 0.15) is 36.3 Å². The van der Waals surface area contributed by atoms with Gasteiger partial charge in [0.05, 0.1) is 25.5 Å². The number of hydrogen-bond acceptors (Lipinski definition) is 8. The number of carbonyl (C=O) groups is 1. The quantitative estimate of drug-likeness (QED) is 0.444. The van der Waals surface area contributed by atoms with Crippen LogP contribution in [0.3, 0.4) is 0 Å². The SMILES string of the molecule is Cc1cccc(S(=O)(=O)NC(=O)c2ccc(-c3cc(F)cc(OCC(C)C)c3)nc2OC2CCOC2)n1. The van der Waals surface area contributed by atoms with Gasteiger partial charge in [0.25, 0.3) is 15.9 Å². The molecule has 0 radical (unpaired) electrons. The highest BCUT2D eigenvalue weighted by molar-refractivity contribution is 7.90. The summed E-state index contributed by atoms with van der Waals surface area (Å²) in [7, 11) is -4.25. The van der Waals surface area contributed by atoms with Gasteiger partial charge >= 0.3 is 0 Å². The van der Waals surface area contributed by atoms with Crippen molar-refractivity contribution in [2.45, 2.75) is 38.3 Å². The Morgan fingerprint density at radius 2 is 2.00 bits per heavy atom. The molecule has 1 aromatic carbocycles. The van der Waals surface area contributed by atoms with Crippen LogP contribution < -0.4 is 14.2 Å². The van der Waals surface area contributed by atoms with Crippen LogP contribution in [0, 0.1) is 18.7 Å². The summed E-state index contributed by atoms with van der Waals surface area (Å²) in [6, 6.07) is 11.6. The third-order valence-electron chi connectivity index (χ3n) is 5.39. The van der Waals surface area contributed by atoms with Gasteiger partial charge in [-0.1, -0.05) is 19.9 Å². The van der Waals surface area contributed by atoms with Gasteiger partial charge in [0, 0.05) is 23.7 Å². The molecule has 1 unspecified atom stereocenters. The number of carbonyl (C=O) groups excluding carboxylic acids is 1. The Morgan fingerprint density at radius 1 is 1.19 bits per heavy atom. The molecule has 0 spiro atoms. The lowest BCUT2D eigenvalue weighted by molar-refractivity contribution is 0.0968. The first-order valence-electron chi connectivity index (χ1n) is 11.8. The van der Waals surface area contributed by atoms with Crippen LogP contribution in [0.15, 0.2) is 53.6 Å². The molecule has 1 amide bonds. The van der Waals surface area contributed by atoms with Crippen molar-refractivity contribution < 1.29 is 31.8 Å². The maximum atomic E-state index is 14.4. The molecular formula is C26H28FN3O6S. The van der Waals surface area contributed by atoms with E-state index < -0.39 is 21.7 Å². The molecule has 0 aliphatic carbocycles. The predicted octanol–water partition coefficient (Wildman–Crippen LogP) is 3.91. The second-order valence-corrected chi connectivity index (χ2v) is 10.7. The van der Waals surface area contributed by atoms with E-state index in [0.717, 1.165) is 0 Å². The van der Waals surface area contributed by atoms with Crippen molar-refractivity contribution in [2.24, 2.45) is 5.92 Å². The van der Waals surface area contributed by atoms with Gasteiger partial charge in [-0.25, -0.2) is 19.1 Å². The second-order valence-electron chi connectivity index (χ2n) is 9.08. The minimum atomic E-state index is -4.25. The summed E-state index contributed by atoms with van der Waals surface area (Å²) in [4.78, 5) is 21.5. The maximum absolute atomic E-state index is 14.4. The van der Waals surface area contributed by atoms with E-state index in [1.54, 1.807) is 19.1 Å². The number of hydrogen-bond donors (Lipinski definition) is 1. The number of amides is 1. The number of pyridine rings is 2. The zero-order valence-corrected chi connectivity index (χ0v) is 21.5. The fourth-order valence-electron chi connectivity index (χ4n) is 3.58. The zero-order valence-electron chi connectivity index (χ0n) is 20.7. The molecule has 9 nitrogen and oxygen atoms in total. The molecule has 1 aliphatic heterocycles. The third-order valence-corrected chi connectivity index (χ3v) is 6.62. The number of rotatable bonds is 9. The first kappa shape index (κ1) is 26.5. The predicted molar refractivity (Wildman–Crippen MR) is 133 cm³/mol. The van der Waals surface area contributed by atoms with Crippen LogP contribution in [-0.4, -0.2) is 50.2 Å². The van der Waals surface area contributed by atoms with E-state index in [0.29, 0.717) is 48.9 Å². The van der Waals surface area contributed by atoms with E-state index in [-0.39, 0.29) is 28.5 Å². The summed E-state index contributed by atoms with van der Waals surface area (Å²) >= 11 is 0. The summed E-state index contributed by atoms with van der Waals surface area (Å²) in [5, 5.41) is -0.286. The van der Waals surface area contributed by atoms with E-state index in [9.17, 15) is 17.6 Å². The summed E-state index contributed by atoms with van der Waals surface area (Å²) in [5.41, 5.74) is 1.12. The average Bonchev–Trinajstić information content (AvgIpc) is 3.35. The lowest BCUT2D eigenvalue weighted by atomic mass is 10.1. The Kier molecular flexibility index (Phi) is 8.03. The van der Waals surface area contributed by atoms with E-state index in [1.807, 2.05) is 18.6 Å². The lowest BCUT2D eigenvalue weighted by Gasteiger charge is -2.16. The fourth-order valence-corrected chi connectivity index (χ4v) is 4.56. The number of nitrogens with one attached hydrogen (secondary N) is 1. The normalized spacial score (nSPS) is 15.5. The van der Waals surface area contributed by atoms with Crippen molar-refractivity contribution in [3.05, 3.63) is 65.6 Å². The molecule has 0 bridgehead atoms. The van der Waals surface area contributed by atoms with Crippen LogP contribution >= 0.6 is 0 Å². The largest absolute Gasteiger partial charge is 0.493 e. The molecule has 3 heterocycles. The molecule has 1 saturated heterocycles. The highest BCUT2D eigenvalue weighted by Gasteiger charge is 2.26. The first-order valence-corrected chi connectivity index (χ1v) is 13.3. The minimum absolute atomic E-state index is 0.0909. The molecule has 4 rings (SSSR count). The van der Waals surface area contributed by atoms with Crippen molar-refractivity contribution >= 4 is 15.9 Å². The van der Waals surface area contributed by atoms with Crippen LogP contribution in [0.5, 0.6) is 11.6 Å². The van der Waals surface area contributed by atoms with Crippen molar-refractivity contribution in [3.63, 3.8) is 0 Å². The number of sulfonamides is 1.